The normalized spacial score (nSPS) is 11.8. The number of rotatable bonds is 5. The molecule has 0 heterocycles. The molecule has 2 aromatic carbocycles. The molecule has 0 aromatic heterocycles. The number of ether oxygens (including phenoxy) is 1. The Kier molecular flexibility index (Phi) is 6.24. The van der Waals surface area contributed by atoms with E-state index in [0.717, 1.165) is 10.0 Å². The highest BCUT2D eigenvalue weighted by atomic mass is 79.9. The maximum absolute atomic E-state index is 11.6. The van der Waals surface area contributed by atoms with Crippen LogP contribution < -0.4 is 5.32 Å². The first-order valence-corrected chi connectivity index (χ1v) is 7.80. The van der Waals surface area contributed by atoms with Crippen molar-refractivity contribution < 1.29 is 14.6 Å². The van der Waals surface area contributed by atoms with Crippen LogP contribution in [0.15, 0.2) is 53.0 Å². The second-order valence-electron chi connectivity index (χ2n) is 4.66. The third-order valence-corrected chi connectivity index (χ3v) is 3.60. The maximum atomic E-state index is 11.6. The molecule has 0 aliphatic heterocycles. The second kappa shape index (κ2) is 8.17. The van der Waals surface area contributed by atoms with Gasteiger partial charge in [-0.3, -0.25) is 0 Å². The van der Waals surface area contributed by atoms with Crippen molar-refractivity contribution in [3.8, 4) is 0 Å². The third kappa shape index (κ3) is 5.33. The van der Waals surface area contributed by atoms with E-state index in [2.05, 4.69) is 21.2 Å². The number of carbonyl (C=O) groups is 1. The number of aliphatic hydroxyl groups excluding tert-OH is 1. The van der Waals surface area contributed by atoms with Gasteiger partial charge < -0.3 is 15.2 Å². The highest BCUT2D eigenvalue weighted by molar-refractivity contribution is 9.10. The van der Waals surface area contributed by atoms with Crippen LogP contribution in [0.25, 0.3) is 0 Å². The average Bonchev–Trinajstić information content (AvgIpc) is 2.50. The van der Waals surface area contributed by atoms with E-state index in [-0.39, 0.29) is 13.2 Å². The fraction of sp³-hybridized carbons (Fsp3) is 0.188. The highest BCUT2D eigenvalue weighted by Gasteiger charge is 2.11. The molecule has 2 N–H and O–H groups in total. The quantitative estimate of drug-likeness (QED) is 0.817. The molecular formula is C16H15BrClNO3. The van der Waals surface area contributed by atoms with Crippen molar-refractivity contribution in [3.05, 3.63) is 69.2 Å². The molecule has 0 spiro atoms. The second-order valence-corrected chi connectivity index (χ2v) is 6.01. The van der Waals surface area contributed by atoms with Crippen molar-refractivity contribution >= 4 is 33.6 Å². The van der Waals surface area contributed by atoms with E-state index in [1.54, 1.807) is 18.2 Å². The summed E-state index contributed by atoms with van der Waals surface area (Å²) in [5, 5.41) is 13.1. The van der Waals surface area contributed by atoms with Crippen molar-refractivity contribution in [1.82, 2.24) is 5.32 Å². The van der Waals surface area contributed by atoms with Gasteiger partial charge in [-0.2, -0.15) is 0 Å². The first kappa shape index (κ1) is 16.8. The van der Waals surface area contributed by atoms with Crippen LogP contribution in [0.5, 0.6) is 0 Å². The highest BCUT2D eigenvalue weighted by Crippen LogP contribution is 2.23. The van der Waals surface area contributed by atoms with Crippen LogP contribution in [-0.2, 0) is 11.3 Å². The lowest BCUT2D eigenvalue weighted by Gasteiger charge is -2.13. The summed E-state index contributed by atoms with van der Waals surface area (Å²) in [5.74, 6) is 0. The summed E-state index contributed by atoms with van der Waals surface area (Å²) in [6.07, 6.45) is -1.44. The molecule has 4 nitrogen and oxygen atoms in total. The van der Waals surface area contributed by atoms with Gasteiger partial charge in [0, 0.05) is 9.50 Å². The van der Waals surface area contributed by atoms with E-state index in [9.17, 15) is 9.90 Å². The van der Waals surface area contributed by atoms with Crippen LogP contribution in [0.1, 0.15) is 17.2 Å². The number of nitrogens with one attached hydrogen (secondary N) is 1. The van der Waals surface area contributed by atoms with Crippen LogP contribution >= 0.6 is 27.5 Å². The Hall–Kier alpha value is -1.56. The monoisotopic (exact) mass is 383 g/mol. The Morgan fingerprint density at radius 2 is 2.00 bits per heavy atom. The van der Waals surface area contributed by atoms with E-state index >= 15 is 0 Å². The van der Waals surface area contributed by atoms with Gasteiger partial charge in [0.25, 0.3) is 0 Å². The Bertz CT molecular complexity index is 616. The molecule has 2 rings (SSSR count). The number of amides is 1. The predicted octanol–water partition coefficient (Wildman–Crippen LogP) is 4.06. The average molecular weight is 385 g/mol. The number of hydrogen-bond donors (Lipinski definition) is 2. The largest absolute Gasteiger partial charge is 0.445 e. The first-order valence-electron chi connectivity index (χ1n) is 6.63. The standard InChI is InChI=1S/C16H15BrClNO3/c17-13-6-12(7-14(18)8-13)15(20)9-19-16(21)22-10-11-4-2-1-3-5-11/h1-8,15,20H,9-10H2,(H,19,21)/t15-/m1/s1. The molecule has 2 aromatic rings. The fourth-order valence-electron chi connectivity index (χ4n) is 1.84. The lowest BCUT2D eigenvalue weighted by atomic mass is 10.1. The third-order valence-electron chi connectivity index (χ3n) is 2.92. The summed E-state index contributed by atoms with van der Waals surface area (Å²) < 4.78 is 5.83. The van der Waals surface area contributed by atoms with Crippen LogP contribution in [0, 0.1) is 0 Å². The Labute approximate surface area is 142 Å². The Morgan fingerprint density at radius 1 is 1.27 bits per heavy atom. The lowest BCUT2D eigenvalue weighted by molar-refractivity contribution is 0.126. The van der Waals surface area contributed by atoms with Gasteiger partial charge >= 0.3 is 6.09 Å². The number of carbonyl (C=O) groups excluding carboxylic acids is 1. The molecule has 0 aliphatic carbocycles. The van der Waals surface area contributed by atoms with Gasteiger partial charge in [0.05, 0.1) is 12.6 Å². The van der Waals surface area contributed by atoms with Gasteiger partial charge in [0.2, 0.25) is 0 Å². The number of benzene rings is 2. The van der Waals surface area contributed by atoms with Crippen LogP contribution in [0.3, 0.4) is 0 Å². The van der Waals surface area contributed by atoms with Gasteiger partial charge in [0.15, 0.2) is 0 Å². The smallest absolute Gasteiger partial charge is 0.407 e. The van der Waals surface area contributed by atoms with Gasteiger partial charge in [-0.15, -0.1) is 0 Å². The summed E-state index contributed by atoms with van der Waals surface area (Å²) in [6, 6.07) is 14.5. The minimum atomic E-state index is -0.862. The number of halogens is 2. The number of alkyl carbamates (subject to hydrolysis) is 1. The summed E-state index contributed by atoms with van der Waals surface area (Å²) in [4.78, 5) is 11.6. The van der Waals surface area contributed by atoms with Crippen LogP contribution in [0.2, 0.25) is 5.02 Å². The molecule has 0 aliphatic rings. The van der Waals surface area contributed by atoms with E-state index in [1.807, 2.05) is 30.3 Å². The molecule has 0 radical (unpaired) electrons. The molecule has 0 bridgehead atoms. The summed E-state index contributed by atoms with van der Waals surface area (Å²) in [5.41, 5.74) is 1.51. The van der Waals surface area contributed by atoms with Gasteiger partial charge in [0.1, 0.15) is 6.61 Å². The van der Waals surface area contributed by atoms with Crippen LogP contribution in [0.4, 0.5) is 4.79 Å². The SMILES string of the molecule is O=C(NC[C@@H](O)c1cc(Cl)cc(Br)c1)OCc1ccccc1. The number of hydrogen-bond acceptors (Lipinski definition) is 3. The van der Waals surface area contributed by atoms with Gasteiger partial charge in [-0.05, 0) is 29.3 Å². The fourth-order valence-corrected chi connectivity index (χ4v) is 2.73. The zero-order valence-corrected chi connectivity index (χ0v) is 14.0. The Balaban J connectivity index is 1.80. The van der Waals surface area contributed by atoms with E-state index in [4.69, 9.17) is 16.3 Å². The van der Waals surface area contributed by atoms with E-state index in [1.165, 1.54) is 0 Å². The first-order chi connectivity index (χ1) is 10.5. The zero-order chi connectivity index (χ0) is 15.9. The van der Waals surface area contributed by atoms with Crippen molar-refractivity contribution in [1.29, 1.82) is 0 Å². The molecular weight excluding hydrogens is 370 g/mol. The van der Waals surface area contributed by atoms with Crippen molar-refractivity contribution in [3.63, 3.8) is 0 Å². The Morgan fingerprint density at radius 3 is 2.68 bits per heavy atom. The molecule has 116 valence electrons. The van der Waals surface area contributed by atoms with Crippen molar-refractivity contribution in [2.24, 2.45) is 0 Å². The van der Waals surface area contributed by atoms with Crippen LogP contribution in [-0.4, -0.2) is 17.7 Å². The maximum Gasteiger partial charge on any atom is 0.407 e. The van der Waals surface area contributed by atoms with Crippen molar-refractivity contribution in [2.75, 3.05) is 6.54 Å². The van der Waals surface area contributed by atoms with Gasteiger partial charge in [-0.25, -0.2) is 4.79 Å². The molecule has 22 heavy (non-hydrogen) atoms. The molecule has 0 saturated heterocycles. The zero-order valence-electron chi connectivity index (χ0n) is 11.6. The molecule has 0 saturated carbocycles. The molecule has 1 atom stereocenters. The van der Waals surface area contributed by atoms with Gasteiger partial charge in [-0.1, -0.05) is 57.9 Å². The summed E-state index contributed by atoms with van der Waals surface area (Å²) in [6.45, 7) is 0.228. The molecule has 0 unspecified atom stereocenters. The van der Waals surface area contributed by atoms with E-state index < -0.39 is 12.2 Å². The van der Waals surface area contributed by atoms with Crippen molar-refractivity contribution in [2.45, 2.75) is 12.7 Å². The molecule has 6 heteroatoms. The predicted molar refractivity (Wildman–Crippen MR) is 88.7 cm³/mol. The molecule has 0 fully saturated rings. The summed E-state index contributed by atoms with van der Waals surface area (Å²) >= 11 is 9.23. The number of aliphatic hydroxyl groups is 1. The minimum absolute atomic E-state index is 0.0421. The minimum Gasteiger partial charge on any atom is -0.445 e. The molecule has 1 amide bonds. The van der Waals surface area contributed by atoms with E-state index in [0.29, 0.717) is 10.6 Å². The lowest BCUT2D eigenvalue weighted by Crippen LogP contribution is -2.28. The summed E-state index contributed by atoms with van der Waals surface area (Å²) in [7, 11) is 0. The topological polar surface area (TPSA) is 58.6 Å².